The van der Waals surface area contributed by atoms with Crippen molar-refractivity contribution in [1.29, 1.82) is 0 Å². The summed E-state index contributed by atoms with van der Waals surface area (Å²) in [4.78, 5) is 12.1. The third kappa shape index (κ3) is 4.31. The topological polar surface area (TPSA) is 78.8 Å². The molecule has 0 aliphatic heterocycles. The fraction of sp³-hybridized carbons (Fsp3) is 0.278. The molecule has 6 heteroatoms. The molecular weight excluding hydrogens is 313 g/mol. The number of anilines is 1. The van der Waals surface area contributed by atoms with E-state index in [9.17, 15) is 19.4 Å². The number of ether oxygens (including phenoxy) is 1. The summed E-state index contributed by atoms with van der Waals surface area (Å²) < 4.78 is 18.8. The molecule has 0 radical (unpaired) electrons. The lowest BCUT2D eigenvalue weighted by Gasteiger charge is -2.15. The minimum absolute atomic E-state index is 0.122. The van der Waals surface area contributed by atoms with Crippen LogP contribution in [0.25, 0.3) is 0 Å². The monoisotopic (exact) mass is 333 g/mol. The van der Waals surface area contributed by atoms with Crippen LogP contribution in [0.2, 0.25) is 0 Å². The van der Waals surface area contributed by atoms with E-state index < -0.39 is 19.0 Å². The first-order valence-corrected chi connectivity index (χ1v) is 7.47. The van der Waals surface area contributed by atoms with E-state index in [1.54, 1.807) is 6.07 Å². The minimum atomic E-state index is -0.588. The standard InChI is InChI=1S/C18H20FNO4/c1-11-3-4-16(12(2)5-11)20-17(23)10-24-18-13(8-21)6-15(19)7-14(18)9-22/h3-7,21-22H,8-10H2,1-2H3,(H,20,23). The molecule has 0 aliphatic rings. The van der Waals surface area contributed by atoms with Gasteiger partial charge in [-0.05, 0) is 37.6 Å². The van der Waals surface area contributed by atoms with Gasteiger partial charge in [-0.2, -0.15) is 0 Å². The van der Waals surface area contributed by atoms with Gasteiger partial charge >= 0.3 is 0 Å². The highest BCUT2D eigenvalue weighted by atomic mass is 19.1. The summed E-state index contributed by atoms with van der Waals surface area (Å²) in [7, 11) is 0. The van der Waals surface area contributed by atoms with Gasteiger partial charge in [0.15, 0.2) is 6.61 Å². The maximum absolute atomic E-state index is 13.4. The summed E-state index contributed by atoms with van der Waals surface area (Å²) >= 11 is 0. The molecule has 24 heavy (non-hydrogen) atoms. The van der Waals surface area contributed by atoms with Gasteiger partial charge in [-0.1, -0.05) is 17.7 Å². The van der Waals surface area contributed by atoms with Crippen molar-refractivity contribution in [3.63, 3.8) is 0 Å². The van der Waals surface area contributed by atoms with Crippen LogP contribution in [-0.2, 0) is 18.0 Å². The van der Waals surface area contributed by atoms with Crippen molar-refractivity contribution in [1.82, 2.24) is 0 Å². The van der Waals surface area contributed by atoms with Gasteiger partial charge in [-0.25, -0.2) is 4.39 Å². The Morgan fingerprint density at radius 2 is 1.75 bits per heavy atom. The van der Waals surface area contributed by atoms with E-state index in [2.05, 4.69) is 5.32 Å². The number of hydrogen-bond donors (Lipinski definition) is 3. The molecule has 5 nitrogen and oxygen atoms in total. The van der Waals surface area contributed by atoms with E-state index in [4.69, 9.17) is 4.74 Å². The van der Waals surface area contributed by atoms with E-state index in [1.807, 2.05) is 26.0 Å². The Morgan fingerprint density at radius 3 is 2.29 bits per heavy atom. The van der Waals surface area contributed by atoms with Gasteiger partial charge in [0, 0.05) is 16.8 Å². The summed E-state index contributed by atoms with van der Waals surface area (Å²) in [6, 6.07) is 7.85. The van der Waals surface area contributed by atoms with Crippen LogP contribution in [-0.4, -0.2) is 22.7 Å². The van der Waals surface area contributed by atoms with Crippen LogP contribution in [0.15, 0.2) is 30.3 Å². The Hall–Kier alpha value is -2.44. The number of carbonyl (C=O) groups is 1. The number of aliphatic hydroxyl groups is 2. The molecule has 0 saturated carbocycles. The highest BCUT2D eigenvalue weighted by Crippen LogP contribution is 2.26. The van der Waals surface area contributed by atoms with Gasteiger partial charge in [0.05, 0.1) is 13.2 Å². The molecule has 0 aromatic heterocycles. The van der Waals surface area contributed by atoms with Crippen LogP contribution in [0.5, 0.6) is 5.75 Å². The average Bonchev–Trinajstić information content (AvgIpc) is 2.55. The third-order valence-electron chi connectivity index (χ3n) is 3.55. The Morgan fingerprint density at radius 1 is 1.12 bits per heavy atom. The zero-order chi connectivity index (χ0) is 17.7. The zero-order valence-corrected chi connectivity index (χ0v) is 13.6. The van der Waals surface area contributed by atoms with Gasteiger partial charge in [0.1, 0.15) is 11.6 Å². The van der Waals surface area contributed by atoms with Crippen LogP contribution in [0.3, 0.4) is 0 Å². The molecule has 128 valence electrons. The van der Waals surface area contributed by atoms with E-state index >= 15 is 0 Å². The molecule has 0 unspecified atom stereocenters. The van der Waals surface area contributed by atoms with Gasteiger partial charge < -0.3 is 20.3 Å². The summed E-state index contributed by atoms with van der Waals surface area (Å²) in [6.07, 6.45) is 0. The number of rotatable bonds is 6. The summed E-state index contributed by atoms with van der Waals surface area (Å²) in [5, 5.41) is 21.3. The largest absolute Gasteiger partial charge is 0.483 e. The molecule has 0 spiro atoms. The van der Waals surface area contributed by atoms with Gasteiger partial charge in [-0.15, -0.1) is 0 Å². The first kappa shape index (κ1) is 17.9. The Labute approximate surface area is 139 Å². The summed E-state index contributed by atoms with van der Waals surface area (Å²) in [5.41, 5.74) is 3.06. The zero-order valence-electron chi connectivity index (χ0n) is 13.6. The molecule has 0 fully saturated rings. The van der Waals surface area contributed by atoms with Crippen LogP contribution < -0.4 is 10.1 Å². The lowest BCUT2D eigenvalue weighted by atomic mass is 10.1. The van der Waals surface area contributed by atoms with Crippen molar-refractivity contribution in [2.45, 2.75) is 27.1 Å². The highest BCUT2D eigenvalue weighted by molar-refractivity contribution is 5.92. The lowest BCUT2D eigenvalue weighted by Crippen LogP contribution is -2.21. The maximum Gasteiger partial charge on any atom is 0.262 e. The van der Waals surface area contributed by atoms with Crippen LogP contribution >= 0.6 is 0 Å². The average molecular weight is 333 g/mol. The fourth-order valence-electron chi connectivity index (χ4n) is 2.41. The highest BCUT2D eigenvalue weighted by Gasteiger charge is 2.14. The SMILES string of the molecule is Cc1ccc(NC(=O)COc2c(CO)cc(F)cc2CO)c(C)c1. The molecule has 3 N–H and O–H groups in total. The van der Waals surface area contributed by atoms with Crippen molar-refractivity contribution in [2.24, 2.45) is 0 Å². The number of hydrogen-bond acceptors (Lipinski definition) is 4. The number of amides is 1. The molecule has 0 saturated heterocycles. The van der Waals surface area contributed by atoms with E-state index in [0.717, 1.165) is 23.3 Å². The maximum atomic E-state index is 13.4. The second-order valence-electron chi connectivity index (χ2n) is 5.52. The van der Waals surface area contributed by atoms with Crippen molar-refractivity contribution in [3.8, 4) is 5.75 Å². The second kappa shape index (κ2) is 7.90. The summed E-state index contributed by atoms with van der Waals surface area (Å²) in [5.74, 6) is -0.855. The number of carbonyl (C=O) groups excluding carboxylic acids is 1. The first-order valence-electron chi connectivity index (χ1n) is 7.47. The van der Waals surface area contributed by atoms with E-state index in [1.165, 1.54) is 0 Å². The Bertz CT molecular complexity index is 721. The molecule has 1 amide bonds. The predicted molar refractivity (Wildman–Crippen MR) is 88.3 cm³/mol. The number of nitrogens with one attached hydrogen (secondary N) is 1. The number of halogens is 1. The van der Waals surface area contributed by atoms with Crippen molar-refractivity contribution < 1.29 is 24.1 Å². The van der Waals surface area contributed by atoms with E-state index in [-0.39, 0.29) is 29.4 Å². The van der Waals surface area contributed by atoms with Gasteiger partial charge in [-0.3, -0.25) is 4.79 Å². The van der Waals surface area contributed by atoms with Crippen LogP contribution in [0.4, 0.5) is 10.1 Å². The van der Waals surface area contributed by atoms with Crippen molar-refractivity contribution >= 4 is 11.6 Å². The second-order valence-corrected chi connectivity index (χ2v) is 5.52. The molecule has 0 heterocycles. The fourth-order valence-corrected chi connectivity index (χ4v) is 2.41. The number of benzene rings is 2. The summed E-state index contributed by atoms with van der Waals surface area (Å²) in [6.45, 7) is 2.61. The molecule has 0 aliphatic carbocycles. The first-order chi connectivity index (χ1) is 11.4. The molecule has 2 aromatic carbocycles. The van der Waals surface area contributed by atoms with Gasteiger partial charge in [0.2, 0.25) is 0 Å². The molecular formula is C18H20FNO4. The van der Waals surface area contributed by atoms with Crippen molar-refractivity contribution in [3.05, 3.63) is 58.4 Å². The third-order valence-corrected chi connectivity index (χ3v) is 3.55. The quantitative estimate of drug-likeness (QED) is 0.759. The smallest absolute Gasteiger partial charge is 0.262 e. The number of aliphatic hydroxyl groups excluding tert-OH is 2. The van der Waals surface area contributed by atoms with Crippen LogP contribution in [0, 0.1) is 19.7 Å². The van der Waals surface area contributed by atoms with Crippen LogP contribution in [0.1, 0.15) is 22.3 Å². The minimum Gasteiger partial charge on any atom is -0.483 e. The Kier molecular flexibility index (Phi) is 5.89. The predicted octanol–water partition coefficient (Wildman–Crippen LogP) is 2.44. The molecule has 0 bridgehead atoms. The van der Waals surface area contributed by atoms with E-state index in [0.29, 0.717) is 5.69 Å². The van der Waals surface area contributed by atoms with Crippen molar-refractivity contribution in [2.75, 3.05) is 11.9 Å². The normalized spacial score (nSPS) is 10.5. The molecule has 2 rings (SSSR count). The van der Waals surface area contributed by atoms with Gasteiger partial charge in [0.25, 0.3) is 5.91 Å². The lowest BCUT2D eigenvalue weighted by molar-refractivity contribution is -0.118. The Balaban J connectivity index is 2.09. The molecule has 0 atom stereocenters. The molecule has 2 aromatic rings. The number of aryl methyl sites for hydroxylation is 2.